The molecule has 0 bridgehead atoms. The molecule has 0 aromatic carbocycles. The van der Waals surface area contributed by atoms with Crippen molar-refractivity contribution in [2.24, 2.45) is 0 Å². The predicted molar refractivity (Wildman–Crippen MR) is 69.7 cm³/mol. The molecular formula is C13H26O5. The lowest BCUT2D eigenvalue weighted by Gasteiger charge is -2.08. The third-order valence-corrected chi connectivity index (χ3v) is 1.89. The summed E-state index contributed by atoms with van der Waals surface area (Å²) in [7, 11) is 0. The average Bonchev–Trinajstić information content (AvgIpc) is 2.34. The lowest BCUT2D eigenvalue weighted by molar-refractivity contribution is -0.0144. The maximum atomic E-state index is 5.33. The minimum atomic E-state index is 0.257. The molecule has 18 heavy (non-hydrogen) atoms. The molecule has 0 saturated heterocycles. The summed E-state index contributed by atoms with van der Waals surface area (Å²) < 4.78 is 26.1. The Morgan fingerprint density at radius 2 is 1.22 bits per heavy atom. The molecule has 0 aromatic rings. The molecule has 0 spiro atoms. The van der Waals surface area contributed by atoms with Gasteiger partial charge in [0, 0.05) is 0 Å². The first-order valence-electron chi connectivity index (χ1n) is 6.34. The van der Waals surface area contributed by atoms with Gasteiger partial charge in [0.2, 0.25) is 0 Å². The molecule has 0 aromatic heterocycles. The first-order valence-corrected chi connectivity index (χ1v) is 6.34. The lowest BCUT2D eigenvalue weighted by Crippen LogP contribution is -2.14. The average molecular weight is 262 g/mol. The van der Waals surface area contributed by atoms with Crippen LogP contribution in [-0.2, 0) is 23.7 Å². The van der Waals surface area contributed by atoms with Crippen LogP contribution in [-0.4, -0.2) is 59.0 Å². The van der Waals surface area contributed by atoms with Gasteiger partial charge in [-0.15, -0.1) is 0 Å². The fourth-order valence-electron chi connectivity index (χ4n) is 1.08. The van der Waals surface area contributed by atoms with Crippen molar-refractivity contribution in [1.29, 1.82) is 0 Å². The lowest BCUT2D eigenvalue weighted by atomic mass is 10.5. The van der Waals surface area contributed by atoms with E-state index in [1.54, 1.807) is 0 Å². The largest absolute Gasteiger partial charge is 0.499 e. The van der Waals surface area contributed by atoms with Crippen LogP contribution in [0.15, 0.2) is 12.8 Å². The second-order valence-corrected chi connectivity index (χ2v) is 3.79. The Kier molecular flexibility index (Phi) is 13.9. The minimum Gasteiger partial charge on any atom is -0.499 e. The molecule has 0 heterocycles. The zero-order chi connectivity index (χ0) is 13.5. The zero-order valence-electron chi connectivity index (χ0n) is 11.6. The van der Waals surface area contributed by atoms with Crippen molar-refractivity contribution >= 4 is 0 Å². The van der Waals surface area contributed by atoms with E-state index in [-0.39, 0.29) is 6.10 Å². The minimum absolute atomic E-state index is 0.257. The summed E-state index contributed by atoms with van der Waals surface area (Å²) >= 11 is 0. The number of ether oxygens (including phenoxy) is 5. The van der Waals surface area contributed by atoms with Gasteiger partial charge < -0.3 is 23.7 Å². The van der Waals surface area contributed by atoms with Crippen LogP contribution in [0.4, 0.5) is 0 Å². The van der Waals surface area contributed by atoms with Crippen LogP contribution in [0.25, 0.3) is 0 Å². The maximum absolute atomic E-state index is 5.33. The van der Waals surface area contributed by atoms with Crippen LogP contribution in [0.1, 0.15) is 13.8 Å². The fourth-order valence-corrected chi connectivity index (χ4v) is 1.08. The van der Waals surface area contributed by atoms with Crippen molar-refractivity contribution in [2.75, 3.05) is 52.9 Å². The SMILES string of the molecule is C=COCCOCCOCCOCCOC(C)C. The second kappa shape index (κ2) is 14.4. The molecule has 0 N–H and O–H groups in total. The third-order valence-electron chi connectivity index (χ3n) is 1.89. The molecule has 0 atom stereocenters. The van der Waals surface area contributed by atoms with Crippen LogP contribution in [0.5, 0.6) is 0 Å². The van der Waals surface area contributed by atoms with E-state index in [1.165, 1.54) is 6.26 Å². The standard InChI is InChI=1S/C13H26O5/c1-4-14-5-6-15-7-8-16-9-10-17-11-12-18-13(2)3/h4,13H,1,5-12H2,2-3H3. The van der Waals surface area contributed by atoms with E-state index < -0.39 is 0 Å². The van der Waals surface area contributed by atoms with E-state index >= 15 is 0 Å². The van der Waals surface area contributed by atoms with E-state index in [0.29, 0.717) is 52.9 Å². The third kappa shape index (κ3) is 15.4. The van der Waals surface area contributed by atoms with Crippen molar-refractivity contribution in [3.05, 3.63) is 12.8 Å². The van der Waals surface area contributed by atoms with Crippen LogP contribution in [0, 0.1) is 0 Å². The monoisotopic (exact) mass is 262 g/mol. The molecule has 0 fully saturated rings. The van der Waals surface area contributed by atoms with Crippen LogP contribution >= 0.6 is 0 Å². The second-order valence-electron chi connectivity index (χ2n) is 3.79. The van der Waals surface area contributed by atoms with Gasteiger partial charge in [0.05, 0.1) is 58.6 Å². The Morgan fingerprint density at radius 1 is 0.778 bits per heavy atom. The fraction of sp³-hybridized carbons (Fsp3) is 0.846. The van der Waals surface area contributed by atoms with Gasteiger partial charge in [-0.25, -0.2) is 0 Å². The van der Waals surface area contributed by atoms with Crippen LogP contribution in [0.3, 0.4) is 0 Å². The van der Waals surface area contributed by atoms with Gasteiger partial charge in [-0.3, -0.25) is 0 Å². The van der Waals surface area contributed by atoms with Gasteiger partial charge in [0.1, 0.15) is 6.61 Å². The van der Waals surface area contributed by atoms with Crippen molar-refractivity contribution in [2.45, 2.75) is 20.0 Å². The van der Waals surface area contributed by atoms with E-state index in [0.717, 1.165) is 0 Å². The highest BCUT2D eigenvalue weighted by molar-refractivity contribution is 4.47. The van der Waals surface area contributed by atoms with Crippen molar-refractivity contribution in [1.82, 2.24) is 0 Å². The summed E-state index contributed by atoms with van der Waals surface area (Å²) in [4.78, 5) is 0. The van der Waals surface area contributed by atoms with Gasteiger partial charge in [0.25, 0.3) is 0 Å². The number of rotatable bonds is 14. The first-order chi connectivity index (χ1) is 8.77. The predicted octanol–water partition coefficient (Wildman–Crippen LogP) is 1.62. The molecule has 0 aliphatic heterocycles. The highest BCUT2D eigenvalue weighted by Gasteiger charge is 1.94. The van der Waals surface area contributed by atoms with Crippen LogP contribution < -0.4 is 0 Å². The number of hydrogen-bond donors (Lipinski definition) is 0. The Morgan fingerprint density at radius 3 is 1.67 bits per heavy atom. The molecule has 0 aliphatic rings. The summed E-state index contributed by atoms with van der Waals surface area (Å²) in [6.07, 6.45) is 1.66. The van der Waals surface area contributed by atoms with E-state index in [4.69, 9.17) is 23.7 Å². The summed E-state index contributed by atoms with van der Waals surface area (Å²) in [5, 5.41) is 0. The van der Waals surface area contributed by atoms with E-state index in [9.17, 15) is 0 Å². The smallest absolute Gasteiger partial charge is 0.111 e. The molecule has 5 nitrogen and oxygen atoms in total. The number of hydrogen-bond acceptors (Lipinski definition) is 5. The van der Waals surface area contributed by atoms with Gasteiger partial charge >= 0.3 is 0 Å². The normalized spacial score (nSPS) is 10.8. The molecule has 0 saturated carbocycles. The zero-order valence-corrected chi connectivity index (χ0v) is 11.6. The van der Waals surface area contributed by atoms with Crippen LogP contribution in [0.2, 0.25) is 0 Å². The Balaban J connectivity index is 2.92. The Hall–Kier alpha value is -0.620. The van der Waals surface area contributed by atoms with Crippen molar-refractivity contribution in [3.63, 3.8) is 0 Å². The first kappa shape index (κ1) is 17.4. The molecule has 0 radical (unpaired) electrons. The van der Waals surface area contributed by atoms with Gasteiger partial charge in [-0.1, -0.05) is 6.58 Å². The summed E-state index contributed by atoms with van der Waals surface area (Å²) in [5.74, 6) is 0. The van der Waals surface area contributed by atoms with Gasteiger partial charge in [-0.2, -0.15) is 0 Å². The Labute approximate surface area is 110 Å². The topological polar surface area (TPSA) is 46.2 Å². The molecule has 0 amide bonds. The molecular weight excluding hydrogens is 236 g/mol. The van der Waals surface area contributed by atoms with Gasteiger partial charge in [0.15, 0.2) is 0 Å². The van der Waals surface area contributed by atoms with Crippen molar-refractivity contribution < 1.29 is 23.7 Å². The summed E-state index contributed by atoms with van der Waals surface area (Å²) in [6, 6.07) is 0. The van der Waals surface area contributed by atoms with Crippen molar-refractivity contribution in [3.8, 4) is 0 Å². The molecule has 108 valence electrons. The summed E-state index contributed by atoms with van der Waals surface area (Å²) in [6.45, 7) is 12.1. The summed E-state index contributed by atoms with van der Waals surface area (Å²) in [5.41, 5.74) is 0. The highest BCUT2D eigenvalue weighted by Crippen LogP contribution is 1.87. The van der Waals surface area contributed by atoms with E-state index in [1.807, 2.05) is 13.8 Å². The quantitative estimate of drug-likeness (QED) is 0.352. The molecule has 0 unspecified atom stereocenters. The molecule has 0 aliphatic carbocycles. The van der Waals surface area contributed by atoms with E-state index in [2.05, 4.69) is 6.58 Å². The molecule has 0 rings (SSSR count). The highest BCUT2D eigenvalue weighted by atomic mass is 16.6. The molecule has 5 heteroatoms. The van der Waals surface area contributed by atoms with Gasteiger partial charge in [-0.05, 0) is 13.8 Å². The maximum Gasteiger partial charge on any atom is 0.111 e. The Bertz CT molecular complexity index is 173.